The summed E-state index contributed by atoms with van der Waals surface area (Å²) < 4.78 is 6.12. The SMILES string of the molecule is CC(C)C(CNC(=O)OC(C)(C)C)CNc1cc(Br)cnc1Cl. The molecule has 1 unspecified atom stereocenters. The Bertz CT molecular complexity index is 533. The fourth-order valence-corrected chi connectivity index (χ4v) is 2.36. The number of hydrogen-bond acceptors (Lipinski definition) is 4. The summed E-state index contributed by atoms with van der Waals surface area (Å²) in [5.41, 5.74) is 0.273. The van der Waals surface area contributed by atoms with Crippen molar-refractivity contribution >= 4 is 39.3 Å². The van der Waals surface area contributed by atoms with Gasteiger partial charge in [-0.1, -0.05) is 25.4 Å². The van der Waals surface area contributed by atoms with E-state index in [-0.39, 0.29) is 5.92 Å². The maximum Gasteiger partial charge on any atom is 0.407 e. The Morgan fingerprint density at radius 1 is 1.39 bits per heavy atom. The second-order valence-corrected chi connectivity index (χ2v) is 8.03. The van der Waals surface area contributed by atoms with Crippen LogP contribution in [0.15, 0.2) is 16.7 Å². The smallest absolute Gasteiger partial charge is 0.407 e. The van der Waals surface area contributed by atoms with Crippen LogP contribution in [-0.4, -0.2) is 29.8 Å². The molecule has 0 fully saturated rings. The van der Waals surface area contributed by atoms with Crippen LogP contribution in [0.25, 0.3) is 0 Å². The summed E-state index contributed by atoms with van der Waals surface area (Å²) in [4.78, 5) is 15.8. The molecule has 1 aromatic heterocycles. The number of nitrogens with zero attached hydrogens (tertiary/aromatic N) is 1. The van der Waals surface area contributed by atoms with E-state index in [1.54, 1.807) is 6.20 Å². The van der Waals surface area contributed by atoms with Gasteiger partial charge in [0.1, 0.15) is 5.60 Å². The van der Waals surface area contributed by atoms with Crippen LogP contribution in [-0.2, 0) is 4.74 Å². The molecule has 0 bridgehead atoms. The number of halogens is 2. The van der Waals surface area contributed by atoms with Crippen molar-refractivity contribution in [3.63, 3.8) is 0 Å². The second kappa shape index (κ2) is 8.73. The minimum atomic E-state index is -0.495. The van der Waals surface area contributed by atoms with E-state index in [9.17, 15) is 4.79 Å². The zero-order chi connectivity index (χ0) is 17.6. The molecule has 1 aromatic rings. The van der Waals surface area contributed by atoms with Crippen molar-refractivity contribution in [3.05, 3.63) is 21.9 Å². The third kappa shape index (κ3) is 7.88. The Balaban J connectivity index is 2.56. The summed E-state index contributed by atoms with van der Waals surface area (Å²) in [6, 6.07) is 1.88. The molecule has 1 atom stereocenters. The van der Waals surface area contributed by atoms with Gasteiger partial charge in [-0.3, -0.25) is 0 Å². The number of carbonyl (C=O) groups excluding carboxylic acids is 1. The molecule has 130 valence electrons. The van der Waals surface area contributed by atoms with Gasteiger partial charge in [-0.15, -0.1) is 0 Å². The van der Waals surface area contributed by atoms with E-state index in [0.29, 0.717) is 24.2 Å². The quantitative estimate of drug-likeness (QED) is 0.672. The van der Waals surface area contributed by atoms with Gasteiger partial charge < -0.3 is 15.4 Å². The summed E-state index contributed by atoms with van der Waals surface area (Å²) in [7, 11) is 0. The molecule has 1 rings (SSSR count). The summed E-state index contributed by atoms with van der Waals surface area (Å²) in [6.07, 6.45) is 1.25. The van der Waals surface area contributed by atoms with Crippen molar-refractivity contribution in [2.24, 2.45) is 11.8 Å². The molecule has 7 heteroatoms. The van der Waals surface area contributed by atoms with Crippen LogP contribution in [0.1, 0.15) is 34.6 Å². The van der Waals surface area contributed by atoms with Crippen molar-refractivity contribution in [1.82, 2.24) is 10.3 Å². The van der Waals surface area contributed by atoms with E-state index in [1.807, 2.05) is 26.8 Å². The van der Waals surface area contributed by atoms with Gasteiger partial charge in [0.25, 0.3) is 0 Å². The first-order chi connectivity index (χ1) is 10.6. The van der Waals surface area contributed by atoms with Gasteiger partial charge >= 0.3 is 6.09 Å². The Labute approximate surface area is 151 Å². The first-order valence-corrected chi connectivity index (χ1v) is 8.77. The van der Waals surface area contributed by atoms with E-state index < -0.39 is 11.7 Å². The molecule has 0 aliphatic heterocycles. The van der Waals surface area contributed by atoms with E-state index in [2.05, 4.69) is 45.4 Å². The van der Waals surface area contributed by atoms with Gasteiger partial charge in [-0.25, -0.2) is 9.78 Å². The van der Waals surface area contributed by atoms with Crippen molar-refractivity contribution in [2.75, 3.05) is 18.4 Å². The van der Waals surface area contributed by atoms with Crippen LogP contribution in [0.4, 0.5) is 10.5 Å². The molecule has 1 amide bonds. The summed E-state index contributed by atoms with van der Waals surface area (Å²) in [6.45, 7) is 11.0. The highest BCUT2D eigenvalue weighted by molar-refractivity contribution is 9.10. The molecule has 2 N–H and O–H groups in total. The molecule has 5 nitrogen and oxygen atoms in total. The van der Waals surface area contributed by atoms with E-state index >= 15 is 0 Å². The van der Waals surface area contributed by atoms with Crippen LogP contribution in [0.3, 0.4) is 0 Å². The number of anilines is 1. The molecule has 0 radical (unpaired) electrons. The predicted octanol–water partition coefficient (Wildman–Crippen LogP) is 4.71. The first kappa shape index (κ1) is 20.0. The zero-order valence-corrected chi connectivity index (χ0v) is 16.6. The predicted molar refractivity (Wildman–Crippen MR) is 98.0 cm³/mol. The molecular weight excluding hydrogens is 382 g/mol. The average Bonchev–Trinajstić information content (AvgIpc) is 2.40. The van der Waals surface area contributed by atoms with E-state index in [1.165, 1.54) is 0 Å². The van der Waals surface area contributed by atoms with Crippen molar-refractivity contribution in [1.29, 1.82) is 0 Å². The minimum Gasteiger partial charge on any atom is -0.444 e. The summed E-state index contributed by atoms with van der Waals surface area (Å²) >= 11 is 9.45. The van der Waals surface area contributed by atoms with Gasteiger partial charge in [0.05, 0.1) is 5.69 Å². The van der Waals surface area contributed by atoms with Gasteiger partial charge in [-0.05, 0) is 54.6 Å². The normalized spacial score (nSPS) is 12.9. The number of alkyl carbamates (subject to hydrolysis) is 1. The Hall–Kier alpha value is -1.01. The highest BCUT2D eigenvalue weighted by Gasteiger charge is 2.19. The topological polar surface area (TPSA) is 63.2 Å². The van der Waals surface area contributed by atoms with E-state index in [0.717, 1.165) is 10.2 Å². The summed E-state index contributed by atoms with van der Waals surface area (Å²) in [5.74, 6) is 0.619. The second-order valence-electron chi connectivity index (χ2n) is 6.76. The van der Waals surface area contributed by atoms with Crippen LogP contribution in [0.5, 0.6) is 0 Å². The number of carbonyl (C=O) groups is 1. The van der Waals surface area contributed by atoms with Gasteiger partial charge in [0.2, 0.25) is 0 Å². The lowest BCUT2D eigenvalue weighted by atomic mass is 9.95. The zero-order valence-electron chi connectivity index (χ0n) is 14.2. The minimum absolute atomic E-state index is 0.234. The molecular formula is C16H25BrClN3O2. The molecule has 0 saturated heterocycles. The van der Waals surface area contributed by atoms with E-state index in [4.69, 9.17) is 16.3 Å². The van der Waals surface area contributed by atoms with Crippen molar-refractivity contribution < 1.29 is 9.53 Å². The van der Waals surface area contributed by atoms with Crippen LogP contribution < -0.4 is 10.6 Å². The fourth-order valence-electron chi connectivity index (χ4n) is 1.86. The molecule has 0 spiro atoms. The highest BCUT2D eigenvalue weighted by atomic mass is 79.9. The van der Waals surface area contributed by atoms with Crippen LogP contribution in [0.2, 0.25) is 5.15 Å². The monoisotopic (exact) mass is 405 g/mol. The summed E-state index contributed by atoms with van der Waals surface area (Å²) in [5, 5.41) is 6.54. The lowest BCUT2D eigenvalue weighted by Gasteiger charge is -2.24. The number of amides is 1. The number of ether oxygens (including phenoxy) is 1. The number of aromatic nitrogens is 1. The molecule has 1 heterocycles. The largest absolute Gasteiger partial charge is 0.444 e. The Morgan fingerprint density at radius 3 is 2.61 bits per heavy atom. The Morgan fingerprint density at radius 2 is 2.04 bits per heavy atom. The third-order valence-electron chi connectivity index (χ3n) is 3.21. The lowest BCUT2D eigenvalue weighted by Crippen LogP contribution is -2.38. The van der Waals surface area contributed by atoms with Gasteiger partial charge in [-0.2, -0.15) is 0 Å². The van der Waals surface area contributed by atoms with Gasteiger partial charge in [0, 0.05) is 23.8 Å². The molecule has 23 heavy (non-hydrogen) atoms. The molecule has 0 saturated carbocycles. The van der Waals surface area contributed by atoms with Gasteiger partial charge in [0.15, 0.2) is 5.15 Å². The molecule has 0 aliphatic carbocycles. The van der Waals surface area contributed by atoms with Crippen LogP contribution >= 0.6 is 27.5 Å². The fraction of sp³-hybridized carbons (Fsp3) is 0.625. The number of nitrogens with one attached hydrogen (secondary N) is 2. The molecule has 0 aromatic carbocycles. The van der Waals surface area contributed by atoms with Crippen molar-refractivity contribution in [2.45, 2.75) is 40.2 Å². The maximum atomic E-state index is 11.8. The van der Waals surface area contributed by atoms with Crippen LogP contribution in [0, 0.1) is 11.8 Å². The lowest BCUT2D eigenvalue weighted by molar-refractivity contribution is 0.0516. The standard InChI is InChI=1S/C16H25BrClN3O2/c1-10(2)11(8-21-15(22)23-16(3,4)5)7-19-13-6-12(17)9-20-14(13)18/h6,9-11,19H,7-8H2,1-5H3,(H,21,22). The highest BCUT2D eigenvalue weighted by Crippen LogP contribution is 2.23. The maximum absolute atomic E-state index is 11.8. The third-order valence-corrected chi connectivity index (χ3v) is 3.95. The molecule has 0 aliphatic rings. The number of pyridine rings is 1. The number of rotatable bonds is 6. The first-order valence-electron chi connectivity index (χ1n) is 7.60. The average molecular weight is 407 g/mol. The Kier molecular flexibility index (Phi) is 7.61. The number of hydrogen-bond donors (Lipinski definition) is 2. The van der Waals surface area contributed by atoms with Crippen molar-refractivity contribution in [3.8, 4) is 0 Å².